The lowest BCUT2D eigenvalue weighted by molar-refractivity contribution is -0.138. The van der Waals surface area contributed by atoms with Crippen molar-refractivity contribution in [3.05, 3.63) is 59.7 Å². The zero-order valence-electron chi connectivity index (χ0n) is 33.0. The van der Waals surface area contributed by atoms with E-state index < -0.39 is 11.9 Å². The summed E-state index contributed by atoms with van der Waals surface area (Å²) in [4.78, 5) is 23.7. The van der Waals surface area contributed by atoms with Crippen LogP contribution in [0.4, 0.5) is 0 Å². The van der Waals surface area contributed by atoms with E-state index in [1.807, 2.05) is 0 Å². The van der Waals surface area contributed by atoms with E-state index in [1.54, 1.807) is 24.3 Å². The molecule has 0 amide bonds. The average Bonchev–Trinajstić information content (AvgIpc) is 3.16. The lowest BCUT2D eigenvalue weighted by atomic mass is 10.0. The number of phenols is 4. The van der Waals surface area contributed by atoms with Crippen LogP contribution in [0.3, 0.4) is 0 Å². The summed E-state index contributed by atoms with van der Waals surface area (Å²) in [6.45, 7) is 0.861. The van der Waals surface area contributed by atoms with Gasteiger partial charge in [-0.2, -0.15) is 0 Å². The van der Waals surface area contributed by atoms with Gasteiger partial charge in [0.2, 0.25) is 0 Å². The van der Waals surface area contributed by atoms with Gasteiger partial charge in [0, 0.05) is 12.2 Å². The van der Waals surface area contributed by atoms with Crippen LogP contribution in [-0.2, 0) is 19.1 Å². The van der Waals surface area contributed by atoms with Crippen molar-refractivity contribution in [3.63, 3.8) is 0 Å². The topological polar surface area (TPSA) is 134 Å². The van der Waals surface area contributed by atoms with Gasteiger partial charge >= 0.3 is 11.9 Å². The molecule has 8 nitrogen and oxygen atoms in total. The molecule has 0 saturated heterocycles. The summed E-state index contributed by atoms with van der Waals surface area (Å²) in [5, 5.41) is 37.7. The molecule has 0 radical (unpaired) electrons. The third-order valence-corrected chi connectivity index (χ3v) is 9.85. The number of esters is 2. The number of hydrogen-bond donors (Lipinski definition) is 4. The maximum absolute atomic E-state index is 11.8. The third kappa shape index (κ3) is 25.1. The highest BCUT2D eigenvalue weighted by Crippen LogP contribution is 2.26. The standard InChI is InChI=1S/C46H70O8/c47-41-31-27-39(37-43(41)49)29-33-45(51)53-35-25-23-21-19-17-15-13-11-9-7-5-3-1-2-4-6-8-10-12-14-16-18-20-22-24-26-36-54-46(52)34-30-40-28-32-42(48)44(50)38-40/h27-34,37-38,47-50H,1-26,35-36H2/b33-29+,34-30+. The van der Waals surface area contributed by atoms with E-state index in [0.717, 1.165) is 25.7 Å². The van der Waals surface area contributed by atoms with E-state index >= 15 is 0 Å². The molecule has 0 aliphatic rings. The van der Waals surface area contributed by atoms with Crippen LogP contribution in [0.25, 0.3) is 12.2 Å². The van der Waals surface area contributed by atoms with Crippen LogP contribution in [0, 0.1) is 0 Å². The Morgan fingerprint density at radius 1 is 0.370 bits per heavy atom. The molecule has 0 unspecified atom stereocenters. The van der Waals surface area contributed by atoms with E-state index in [1.165, 1.54) is 178 Å². The fraction of sp³-hybridized carbons (Fsp3) is 0.609. The number of phenolic OH excluding ortho intramolecular Hbond substituents is 4. The van der Waals surface area contributed by atoms with Gasteiger partial charge in [-0.15, -0.1) is 0 Å². The highest BCUT2D eigenvalue weighted by molar-refractivity contribution is 5.87. The first-order valence-corrected chi connectivity index (χ1v) is 21.1. The van der Waals surface area contributed by atoms with Gasteiger partial charge in [-0.1, -0.05) is 166 Å². The molecule has 0 atom stereocenters. The fourth-order valence-corrected chi connectivity index (χ4v) is 6.51. The molecular weight excluding hydrogens is 680 g/mol. The van der Waals surface area contributed by atoms with Crippen molar-refractivity contribution in [1.29, 1.82) is 0 Å². The lowest BCUT2D eigenvalue weighted by Gasteiger charge is -2.05. The van der Waals surface area contributed by atoms with Crippen LogP contribution in [0.1, 0.15) is 178 Å². The molecule has 8 heteroatoms. The van der Waals surface area contributed by atoms with Gasteiger partial charge in [-0.25, -0.2) is 9.59 Å². The van der Waals surface area contributed by atoms with E-state index in [9.17, 15) is 30.0 Å². The first-order chi connectivity index (χ1) is 26.3. The summed E-state index contributed by atoms with van der Waals surface area (Å²) in [6.07, 6.45) is 39.2. The van der Waals surface area contributed by atoms with Gasteiger partial charge in [0.1, 0.15) is 0 Å². The van der Waals surface area contributed by atoms with Crippen molar-refractivity contribution in [2.75, 3.05) is 13.2 Å². The quantitative estimate of drug-likeness (QED) is 0.0245. The van der Waals surface area contributed by atoms with Crippen molar-refractivity contribution < 1.29 is 39.5 Å². The van der Waals surface area contributed by atoms with Crippen LogP contribution < -0.4 is 0 Å². The second-order valence-electron chi connectivity index (χ2n) is 14.7. The fourth-order valence-electron chi connectivity index (χ4n) is 6.51. The van der Waals surface area contributed by atoms with Gasteiger partial charge in [-0.05, 0) is 60.4 Å². The first kappa shape index (κ1) is 46.2. The molecule has 0 aromatic heterocycles. The monoisotopic (exact) mass is 751 g/mol. The molecule has 302 valence electrons. The minimum Gasteiger partial charge on any atom is -0.504 e. The summed E-state index contributed by atoms with van der Waals surface area (Å²) < 4.78 is 10.5. The predicted molar refractivity (Wildman–Crippen MR) is 220 cm³/mol. The van der Waals surface area contributed by atoms with Crippen molar-refractivity contribution in [2.24, 2.45) is 0 Å². The summed E-state index contributed by atoms with van der Waals surface area (Å²) in [5.74, 6) is -1.58. The Labute approximate surface area is 325 Å². The third-order valence-electron chi connectivity index (χ3n) is 9.85. The second kappa shape index (κ2) is 31.4. The van der Waals surface area contributed by atoms with Gasteiger partial charge < -0.3 is 29.9 Å². The van der Waals surface area contributed by atoms with Crippen molar-refractivity contribution in [2.45, 2.75) is 167 Å². The van der Waals surface area contributed by atoms with E-state index in [2.05, 4.69) is 0 Å². The molecule has 0 saturated carbocycles. The Kier molecular flexibility index (Phi) is 26.9. The van der Waals surface area contributed by atoms with Crippen molar-refractivity contribution >= 4 is 24.1 Å². The molecule has 54 heavy (non-hydrogen) atoms. The predicted octanol–water partition coefficient (Wildman–Crippen LogP) is 12.5. The van der Waals surface area contributed by atoms with E-state index in [-0.39, 0.29) is 23.0 Å². The maximum atomic E-state index is 11.8. The number of hydrogen-bond acceptors (Lipinski definition) is 8. The first-order valence-electron chi connectivity index (χ1n) is 21.1. The van der Waals surface area contributed by atoms with Crippen molar-refractivity contribution in [3.8, 4) is 23.0 Å². The second-order valence-corrected chi connectivity index (χ2v) is 14.7. The largest absolute Gasteiger partial charge is 0.504 e. The number of unbranched alkanes of at least 4 members (excludes halogenated alkanes) is 25. The Morgan fingerprint density at radius 2 is 0.611 bits per heavy atom. The lowest BCUT2D eigenvalue weighted by Crippen LogP contribution is -2.02. The Morgan fingerprint density at radius 3 is 0.852 bits per heavy atom. The Bertz CT molecular complexity index is 1230. The normalized spacial score (nSPS) is 11.5. The highest BCUT2D eigenvalue weighted by atomic mass is 16.5. The number of aromatic hydroxyl groups is 4. The number of benzene rings is 2. The molecule has 0 bridgehead atoms. The van der Waals surface area contributed by atoms with E-state index in [0.29, 0.717) is 24.3 Å². The molecule has 4 N–H and O–H groups in total. The number of carbonyl (C=O) groups excluding carboxylic acids is 2. The molecule has 0 spiro atoms. The van der Waals surface area contributed by atoms with Gasteiger partial charge in [0.05, 0.1) is 13.2 Å². The number of ether oxygens (including phenoxy) is 2. The van der Waals surface area contributed by atoms with Crippen LogP contribution >= 0.6 is 0 Å². The summed E-state index contributed by atoms with van der Waals surface area (Å²) in [5.41, 5.74) is 1.25. The molecule has 0 fully saturated rings. The van der Waals surface area contributed by atoms with Crippen molar-refractivity contribution in [1.82, 2.24) is 0 Å². The summed E-state index contributed by atoms with van der Waals surface area (Å²) in [6, 6.07) is 8.80. The molecule has 0 aliphatic heterocycles. The van der Waals surface area contributed by atoms with Crippen LogP contribution in [0.15, 0.2) is 48.6 Å². The Hall–Kier alpha value is -3.94. The molecule has 0 aliphatic carbocycles. The van der Waals surface area contributed by atoms with Crippen LogP contribution in [0.2, 0.25) is 0 Å². The smallest absolute Gasteiger partial charge is 0.330 e. The van der Waals surface area contributed by atoms with Gasteiger partial charge in [0.15, 0.2) is 23.0 Å². The molecular formula is C46H70O8. The van der Waals surface area contributed by atoms with Gasteiger partial charge in [-0.3, -0.25) is 0 Å². The van der Waals surface area contributed by atoms with Gasteiger partial charge in [0.25, 0.3) is 0 Å². The summed E-state index contributed by atoms with van der Waals surface area (Å²) in [7, 11) is 0. The zero-order chi connectivity index (χ0) is 38.9. The maximum Gasteiger partial charge on any atom is 0.330 e. The van der Waals surface area contributed by atoms with Crippen LogP contribution in [0.5, 0.6) is 23.0 Å². The molecule has 2 aromatic rings. The minimum absolute atomic E-state index is 0.185. The van der Waals surface area contributed by atoms with E-state index in [4.69, 9.17) is 9.47 Å². The SMILES string of the molecule is O=C(/C=C/c1ccc(O)c(O)c1)OCCCCCCCCCCCCCCCCCCCCCCCCCCCCOC(=O)/C=C/c1ccc(O)c(O)c1. The average molecular weight is 751 g/mol. The number of rotatable bonds is 33. The highest BCUT2D eigenvalue weighted by Gasteiger charge is 2.03. The minimum atomic E-state index is -0.391. The summed E-state index contributed by atoms with van der Waals surface area (Å²) >= 11 is 0. The van der Waals surface area contributed by atoms with Crippen LogP contribution in [-0.4, -0.2) is 45.6 Å². The molecule has 0 heterocycles. The molecule has 2 rings (SSSR count). The molecule has 2 aromatic carbocycles. The zero-order valence-corrected chi connectivity index (χ0v) is 33.0. The Balaban J connectivity index is 1.20. The number of carbonyl (C=O) groups is 2.